The number of fused-ring (bicyclic) bond motifs is 1. The van der Waals surface area contributed by atoms with E-state index in [1.807, 2.05) is 0 Å². The molecule has 16 heavy (non-hydrogen) atoms. The van der Waals surface area contributed by atoms with Gasteiger partial charge in [-0.25, -0.2) is 0 Å². The average Bonchev–Trinajstić information content (AvgIpc) is 3.19. The Kier molecular flexibility index (Phi) is 1.54. The summed E-state index contributed by atoms with van der Waals surface area (Å²) in [6.07, 6.45) is 0. The molecule has 0 atom stereocenters. The molecule has 0 bridgehead atoms. The standard InChI is InChI=1S/C14H14N2/c1-3-13(15-5-6-15)10-12-2-4-14(9-11(1)12)16-7-8-16/h1-4,9-10H,5-8H2. The lowest BCUT2D eigenvalue weighted by atomic mass is 10.1. The monoisotopic (exact) mass is 210 g/mol. The van der Waals surface area contributed by atoms with Gasteiger partial charge in [-0.3, -0.25) is 0 Å². The summed E-state index contributed by atoms with van der Waals surface area (Å²) < 4.78 is 0. The van der Waals surface area contributed by atoms with E-state index in [4.69, 9.17) is 0 Å². The van der Waals surface area contributed by atoms with Crippen molar-refractivity contribution in [2.75, 3.05) is 36.0 Å². The number of benzene rings is 2. The summed E-state index contributed by atoms with van der Waals surface area (Å²) >= 11 is 0. The molecule has 80 valence electrons. The maximum Gasteiger partial charge on any atom is 0.0373 e. The van der Waals surface area contributed by atoms with Gasteiger partial charge in [0.15, 0.2) is 0 Å². The van der Waals surface area contributed by atoms with E-state index >= 15 is 0 Å². The van der Waals surface area contributed by atoms with E-state index < -0.39 is 0 Å². The van der Waals surface area contributed by atoms with Crippen molar-refractivity contribution in [1.29, 1.82) is 0 Å². The van der Waals surface area contributed by atoms with Crippen LogP contribution >= 0.6 is 0 Å². The second-order valence-electron chi connectivity index (χ2n) is 4.69. The molecule has 0 N–H and O–H groups in total. The van der Waals surface area contributed by atoms with Crippen molar-refractivity contribution in [3.8, 4) is 0 Å². The van der Waals surface area contributed by atoms with E-state index in [2.05, 4.69) is 46.2 Å². The quantitative estimate of drug-likeness (QED) is 0.702. The van der Waals surface area contributed by atoms with Gasteiger partial charge in [0.25, 0.3) is 0 Å². The second-order valence-corrected chi connectivity index (χ2v) is 4.69. The average molecular weight is 210 g/mol. The third-order valence-electron chi connectivity index (χ3n) is 3.43. The number of nitrogens with zero attached hydrogens (tertiary/aromatic N) is 2. The van der Waals surface area contributed by atoms with Crippen molar-refractivity contribution in [2.45, 2.75) is 0 Å². The Labute approximate surface area is 95.1 Å². The van der Waals surface area contributed by atoms with Crippen molar-refractivity contribution in [1.82, 2.24) is 0 Å². The molecule has 0 spiro atoms. The van der Waals surface area contributed by atoms with Crippen LogP contribution in [-0.2, 0) is 0 Å². The maximum atomic E-state index is 2.39. The van der Waals surface area contributed by atoms with Gasteiger partial charge in [0, 0.05) is 37.6 Å². The van der Waals surface area contributed by atoms with Crippen molar-refractivity contribution >= 4 is 22.1 Å². The molecule has 0 radical (unpaired) electrons. The fourth-order valence-electron chi connectivity index (χ4n) is 2.23. The van der Waals surface area contributed by atoms with E-state index in [-0.39, 0.29) is 0 Å². The lowest BCUT2D eigenvalue weighted by molar-refractivity contribution is 1.39. The zero-order valence-corrected chi connectivity index (χ0v) is 9.19. The van der Waals surface area contributed by atoms with Gasteiger partial charge < -0.3 is 9.80 Å². The Morgan fingerprint density at radius 2 is 1.06 bits per heavy atom. The van der Waals surface area contributed by atoms with Crippen LogP contribution in [0.25, 0.3) is 10.8 Å². The number of hydrogen-bond donors (Lipinski definition) is 0. The highest BCUT2D eigenvalue weighted by molar-refractivity contribution is 5.89. The third kappa shape index (κ3) is 1.33. The van der Waals surface area contributed by atoms with Crippen LogP contribution in [0.4, 0.5) is 11.4 Å². The van der Waals surface area contributed by atoms with Gasteiger partial charge in [0.2, 0.25) is 0 Å². The molecule has 2 fully saturated rings. The van der Waals surface area contributed by atoms with E-state index in [9.17, 15) is 0 Å². The van der Waals surface area contributed by atoms with Gasteiger partial charge >= 0.3 is 0 Å². The topological polar surface area (TPSA) is 6.02 Å². The fourth-order valence-corrected chi connectivity index (χ4v) is 2.23. The summed E-state index contributed by atoms with van der Waals surface area (Å²) in [5, 5.41) is 2.71. The zero-order valence-electron chi connectivity index (χ0n) is 9.19. The third-order valence-corrected chi connectivity index (χ3v) is 3.43. The molecular weight excluding hydrogens is 196 g/mol. The molecular formula is C14H14N2. The van der Waals surface area contributed by atoms with Gasteiger partial charge in [-0.2, -0.15) is 0 Å². The van der Waals surface area contributed by atoms with Crippen LogP contribution in [-0.4, -0.2) is 26.2 Å². The molecule has 2 aliphatic heterocycles. The normalized spacial score (nSPS) is 18.0. The smallest absolute Gasteiger partial charge is 0.0373 e. The number of rotatable bonds is 2. The Morgan fingerprint density at radius 3 is 1.44 bits per heavy atom. The molecule has 0 amide bonds. The summed E-state index contributed by atoms with van der Waals surface area (Å²) in [7, 11) is 0. The predicted molar refractivity (Wildman–Crippen MR) is 68.4 cm³/mol. The zero-order chi connectivity index (χ0) is 10.5. The Hall–Kier alpha value is -1.70. The lowest BCUT2D eigenvalue weighted by Crippen LogP contribution is -1.92. The lowest BCUT2D eigenvalue weighted by Gasteiger charge is -2.07. The summed E-state index contributed by atoms with van der Waals surface area (Å²) in [5.74, 6) is 0. The molecule has 2 aromatic rings. The van der Waals surface area contributed by atoms with Gasteiger partial charge in [-0.1, -0.05) is 12.1 Å². The van der Waals surface area contributed by atoms with Crippen LogP contribution in [0.2, 0.25) is 0 Å². The van der Waals surface area contributed by atoms with Crippen molar-refractivity contribution in [2.24, 2.45) is 0 Å². The van der Waals surface area contributed by atoms with Gasteiger partial charge in [0.1, 0.15) is 0 Å². The highest BCUT2D eigenvalue weighted by Crippen LogP contribution is 2.30. The van der Waals surface area contributed by atoms with Crippen LogP contribution < -0.4 is 9.80 Å². The molecule has 2 heteroatoms. The number of hydrogen-bond acceptors (Lipinski definition) is 2. The van der Waals surface area contributed by atoms with Gasteiger partial charge in [-0.15, -0.1) is 0 Å². The molecule has 2 saturated heterocycles. The minimum atomic E-state index is 1.22. The Balaban J connectivity index is 1.82. The first-order valence-corrected chi connectivity index (χ1v) is 5.94. The highest BCUT2D eigenvalue weighted by atomic mass is 15.3. The first kappa shape index (κ1) is 8.45. The summed E-state index contributed by atoms with van der Waals surface area (Å²) in [6.45, 7) is 4.88. The summed E-state index contributed by atoms with van der Waals surface area (Å²) in [4.78, 5) is 4.77. The fraction of sp³-hybridized carbons (Fsp3) is 0.286. The van der Waals surface area contributed by atoms with Gasteiger partial charge in [-0.05, 0) is 35.0 Å². The minimum Gasteiger partial charge on any atom is -0.368 e. The van der Waals surface area contributed by atoms with Crippen LogP contribution in [0.5, 0.6) is 0 Å². The SMILES string of the molecule is c1cc2cc(N3CC3)ccc2cc1N1CC1. The second kappa shape index (κ2) is 2.91. The van der Waals surface area contributed by atoms with E-state index in [1.54, 1.807) is 0 Å². The molecule has 4 rings (SSSR count). The van der Waals surface area contributed by atoms with Crippen molar-refractivity contribution in [3.63, 3.8) is 0 Å². The predicted octanol–water partition coefficient (Wildman–Crippen LogP) is 2.48. The van der Waals surface area contributed by atoms with Crippen LogP contribution in [0, 0.1) is 0 Å². The van der Waals surface area contributed by atoms with Crippen LogP contribution in [0.3, 0.4) is 0 Å². The van der Waals surface area contributed by atoms with Crippen LogP contribution in [0.1, 0.15) is 0 Å². The summed E-state index contributed by atoms with van der Waals surface area (Å²) in [6, 6.07) is 13.6. The largest absolute Gasteiger partial charge is 0.368 e. The molecule has 0 unspecified atom stereocenters. The minimum absolute atomic E-state index is 1.22. The highest BCUT2D eigenvalue weighted by Gasteiger charge is 2.19. The molecule has 0 saturated carbocycles. The van der Waals surface area contributed by atoms with Gasteiger partial charge in [0.05, 0.1) is 0 Å². The molecule has 2 nitrogen and oxygen atoms in total. The first-order valence-electron chi connectivity index (χ1n) is 5.94. The van der Waals surface area contributed by atoms with E-state index in [1.165, 1.54) is 48.3 Å². The van der Waals surface area contributed by atoms with Crippen molar-refractivity contribution in [3.05, 3.63) is 36.4 Å². The Bertz CT molecular complexity index is 502. The van der Waals surface area contributed by atoms with Crippen LogP contribution in [0.15, 0.2) is 36.4 Å². The molecule has 2 aliphatic rings. The van der Waals surface area contributed by atoms with E-state index in [0.29, 0.717) is 0 Å². The maximum absolute atomic E-state index is 2.39. The summed E-state index contributed by atoms with van der Waals surface area (Å²) in [5.41, 5.74) is 2.74. The first-order chi connectivity index (χ1) is 7.90. The number of anilines is 2. The molecule has 0 aromatic heterocycles. The molecule has 2 aromatic carbocycles. The van der Waals surface area contributed by atoms with E-state index in [0.717, 1.165) is 0 Å². The van der Waals surface area contributed by atoms with Crippen molar-refractivity contribution < 1.29 is 0 Å². The Morgan fingerprint density at radius 1 is 0.625 bits per heavy atom. The molecule has 0 aliphatic carbocycles. The molecule has 2 heterocycles.